The summed E-state index contributed by atoms with van der Waals surface area (Å²) in [5.41, 5.74) is 2.70. The predicted molar refractivity (Wildman–Crippen MR) is 92.7 cm³/mol. The molecule has 1 aliphatic rings. The van der Waals surface area contributed by atoms with Gasteiger partial charge < -0.3 is 19.5 Å². The third kappa shape index (κ3) is 1.88. The van der Waals surface area contributed by atoms with Crippen molar-refractivity contribution >= 4 is 21.8 Å². The van der Waals surface area contributed by atoms with Crippen LogP contribution in [-0.4, -0.2) is 27.5 Å². The number of aromatic hydroxyl groups is 1. The van der Waals surface area contributed by atoms with Gasteiger partial charge in [0.05, 0.1) is 23.0 Å². The van der Waals surface area contributed by atoms with Crippen molar-refractivity contribution in [2.24, 2.45) is 7.05 Å². The first kappa shape index (κ1) is 14.8. The van der Waals surface area contributed by atoms with Crippen LogP contribution in [0.2, 0.25) is 0 Å². The van der Waals surface area contributed by atoms with Gasteiger partial charge in [-0.1, -0.05) is 18.7 Å². The summed E-state index contributed by atoms with van der Waals surface area (Å²) in [5, 5.41) is 20.6. The second-order valence-electron chi connectivity index (χ2n) is 6.13. The zero-order valence-corrected chi connectivity index (χ0v) is 13.2. The van der Waals surface area contributed by atoms with E-state index in [2.05, 4.69) is 6.58 Å². The van der Waals surface area contributed by atoms with E-state index in [4.69, 9.17) is 4.74 Å². The Labute approximate surface area is 138 Å². The summed E-state index contributed by atoms with van der Waals surface area (Å²) < 4.78 is 7.74. The number of aromatic nitrogens is 1. The molecular formula is C19H17NO4. The molecule has 24 heavy (non-hydrogen) atoms. The van der Waals surface area contributed by atoms with Gasteiger partial charge in [-0.25, -0.2) is 0 Å². The van der Waals surface area contributed by atoms with Crippen molar-refractivity contribution < 1.29 is 14.9 Å². The quantitative estimate of drug-likeness (QED) is 0.560. The lowest BCUT2D eigenvalue weighted by atomic mass is 10.00. The molecule has 5 heteroatoms. The summed E-state index contributed by atoms with van der Waals surface area (Å²) in [4.78, 5) is 12.9. The molecule has 0 saturated carbocycles. The molecule has 1 unspecified atom stereocenters. The molecule has 4 rings (SSSR count). The SMILES string of the molecule is C=C(CO)C1Cc2c(cc(O)c3c(=O)c4ccccc4n(C)c23)O1. The lowest BCUT2D eigenvalue weighted by Crippen LogP contribution is -2.17. The van der Waals surface area contributed by atoms with E-state index in [1.54, 1.807) is 6.07 Å². The molecule has 2 N–H and O–H groups in total. The number of aliphatic hydroxyl groups is 1. The number of phenolic OH excluding ortho intramolecular Hbond substituents is 1. The predicted octanol–water partition coefficient (Wildman–Crippen LogP) is 2.25. The van der Waals surface area contributed by atoms with Gasteiger partial charge >= 0.3 is 0 Å². The van der Waals surface area contributed by atoms with Crippen LogP contribution in [0.1, 0.15) is 5.56 Å². The summed E-state index contributed by atoms with van der Waals surface area (Å²) in [6.07, 6.45) is 0.161. The molecule has 1 aromatic heterocycles. The molecule has 0 saturated heterocycles. The number of fused-ring (bicyclic) bond motifs is 4. The fraction of sp³-hybridized carbons (Fsp3) is 0.211. The van der Waals surface area contributed by atoms with Crippen LogP contribution in [0.15, 0.2) is 47.3 Å². The highest BCUT2D eigenvalue weighted by molar-refractivity contribution is 5.99. The number of hydrogen-bond donors (Lipinski definition) is 2. The molecule has 0 amide bonds. The minimum atomic E-state index is -0.350. The van der Waals surface area contributed by atoms with Crippen LogP contribution in [-0.2, 0) is 13.5 Å². The Bertz CT molecular complexity index is 1060. The Kier molecular flexibility index (Phi) is 3.15. The molecule has 122 valence electrons. The Balaban J connectivity index is 2.11. The van der Waals surface area contributed by atoms with E-state index in [1.807, 2.05) is 29.8 Å². The number of rotatable bonds is 2. The molecule has 0 bridgehead atoms. The molecule has 1 aliphatic heterocycles. The number of aliphatic hydroxyl groups excluding tert-OH is 1. The van der Waals surface area contributed by atoms with Crippen molar-refractivity contribution in [1.29, 1.82) is 0 Å². The molecular weight excluding hydrogens is 306 g/mol. The lowest BCUT2D eigenvalue weighted by molar-refractivity contribution is 0.234. The van der Waals surface area contributed by atoms with Gasteiger partial charge in [0.1, 0.15) is 17.6 Å². The van der Waals surface area contributed by atoms with E-state index in [0.29, 0.717) is 34.0 Å². The Morgan fingerprint density at radius 2 is 2.17 bits per heavy atom. The number of phenols is 1. The number of pyridine rings is 1. The minimum absolute atomic E-state index is 0.0923. The van der Waals surface area contributed by atoms with Crippen molar-refractivity contribution in [3.63, 3.8) is 0 Å². The monoisotopic (exact) mass is 323 g/mol. The summed E-state index contributed by atoms with van der Waals surface area (Å²) in [7, 11) is 1.87. The maximum absolute atomic E-state index is 12.9. The van der Waals surface area contributed by atoms with Gasteiger partial charge in [0, 0.05) is 30.5 Å². The van der Waals surface area contributed by atoms with E-state index < -0.39 is 0 Å². The first-order valence-corrected chi connectivity index (χ1v) is 7.74. The van der Waals surface area contributed by atoms with Crippen LogP contribution in [0.25, 0.3) is 21.8 Å². The fourth-order valence-electron chi connectivity index (χ4n) is 3.49. The number of nitrogens with zero attached hydrogens (tertiary/aromatic N) is 1. The van der Waals surface area contributed by atoms with Crippen LogP contribution in [0.3, 0.4) is 0 Å². The van der Waals surface area contributed by atoms with Gasteiger partial charge in [-0.3, -0.25) is 4.79 Å². The van der Waals surface area contributed by atoms with Gasteiger partial charge in [0.2, 0.25) is 5.43 Å². The summed E-state index contributed by atoms with van der Waals surface area (Å²) in [6, 6.07) is 8.82. The molecule has 1 atom stereocenters. The Morgan fingerprint density at radius 1 is 1.42 bits per heavy atom. The normalized spacial score (nSPS) is 16.3. The molecule has 0 radical (unpaired) electrons. The zero-order chi connectivity index (χ0) is 17.0. The zero-order valence-electron chi connectivity index (χ0n) is 13.2. The summed E-state index contributed by atoms with van der Waals surface area (Å²) >= 11 is 0. The van der Waals surface area contributed by atoms with E-state index in [0.717, 1.165) is 11.1 Å². The molecule has 3 aromatic rings. The van der Waals surface area contributed by atoms with E-state index in [9.17, 15) is 15.0 Å². The lowest BCUT2D eigenvalue weighted by Gasteiger charge is -2.14. The number of hydrogen-bond acceptors (Lipinski definition) is 4. The molecule has 0 fully saturated rings. The second-order valence-corrected chi connectivity index (χ2v) is 6.13. The number of aryl methyl sites for hydroxylation is 1. The van der Waals surface area contributed by atoms with E-state index >= 15 is 0 Å². The average molecular weight is 323 g/mol. The average Bonchev–Trinajstić information content (AvgIpc) is 3.01. The second kappa shape index (κ2) is 5.11. The smallest absolute Gasteiger partial charge is 0.200 e. The highest BCUT2D eigenvalue weighted by Crippen LogP contribution is 2.40. The number of para-hydroxylation sites is 1. The molecule has 0 aliphatic carbocycles. The fourth-order valence-corrected chi connectivity index (χ4v) is 3.49. The minimum Gasteiger partial charge on any atom is -0.507 e. The van der Waals surface area contributed by atoms with Crippen LogP contribution < -0.4 is 10.2 Å². The maximum atomic E-state index is 12.9. The van der Waals surface area contributed by atoms with Crippen LogP contribution in [0, 0.1) is 0 Å². The van der Waals surface area contributed by atoms with E-state index in [-0.39, 0.29) is 23.9 Å². The van der Waals surface area contributed by atoms with Crippen molar-refractivity contribution in [1.82, 2.24) is 4.57 Å². The highest BCUT2D eigenvalue weighted by Gasteiger charge is 2.30. The molecule has 2 aromatic carbocycles. The van der Waals surface area contributed by atoms with E-state index in [1.165, 1.54) is 6.07 Å². The van der Waals surface area contributed by atoms with Gasteiger partial charge in [0.15, 0.2) is 0 Å². The van der Waals surface area contributed by atoms with Crippen molar-refractivity contribution in [2.75, 3.05) is 6.61 Å². The molecule has 0 spiro atoms. The van der Waals surface area contributed by atoms with Crippen LogP contribution in [0.4, 0.5) is 0 Å². The highest BCUT2D eigenvalue weighted by atomic mass is 16.5. The third-order valence-electron chi connectivity index (χ3n) is 4.73. The van der Waals surface area contributed by atoms with Crippen molar-refractivity contribution in [3.05, 3.63) is 58.3 Å². The molecule has 2 heterocycles. The van der Waals surface area contributed by atoms with Crippen LogP contribution >= 0.6 is 0 Å². The first-order valence-electron chi connectivity index (χ1n) is 7.74. The van der Waals surface area contributed by atoms with Gasteiger partial charge in [-0.15, -0.1) is 0 Å². The summed E-state index contributed by atoms with van der Waals surface area (Å²) in [6.45, 7) is 3.66. The van der Waals surface area contributed by atoms with Gasteiger partial charge in [-0.05, 0) is 17.7 Å². The van der Waals surface area contributed by atoms with Crippen molar-refractivity contribution in [3.8, 4) is 11.5 Å². The molecule has 5 nitrogen and oxygen atoms in total. The Morgan fingerprint density at radius 3 is 2.92 bits per heavy atom. The third-order valence-corrected chi connectivity index (χ3v) is 4.73. The summed E-state index contributed by atoms with van der Waals surface area (Å²) in [5.74, 6) is 0.440. The van der Waals surface area contributed by atoms with Gasteiger partial charge in [-0.2, -0.15) is 0 Å². The van der Waals surface area contributed by atoms with Crippen molar-refractivity contribution in [2.45, 2.75) is 12.5 Å². The Hall–Kier alpha value is -2.79. The topological polar surface area (TPSA) is 71.7 Å². The number of benzene rings is 2. The maximum Gasteiger partial charge on any atom is 0.200 e. The first-order chi connectivity index (χ1) is 11.5. The largest absolute Gasteiger partial charge is 0.507 e. The van der Waals surface area contributed by atoms with Crippen LogP contribution in [0.5, 0.6) is 11.5 Å². The van der Waals surface area contributed by atoms with Gasteiger partial charge in [0.25, 0.3) is 0 Å². The standard InChI is InChI=1S/C19H17NO4/c1-10(9-21)15-7-12-16(24-15)8-14(22)17-18(12)20(2)13-6-4-3-5-11(13)19(17)23/h3-6,8,15,21-22H,1,7,9H2,2H3. The number of ether oxygens (including phenoxy) is 1.